The Hall–Kier alpha value is -2.29. The average molecular weight is 280 g/mol. The van der Waals surface area contributed by atoms with Gasteiger partial charge in [0.05, 0.1) is 5.56 Å². The fraction of sp³-hybridized carbons (Fsp3) is 0.278. The van der Waals surface area contributed by atoms with Gasteiger partial charge in [0, 0.05) is 18.8 Å². The molecule has 0 bridgehead atoms. The lowest BCUT2D eigenvalue weighted by atomic mass is 9.89. The summed E-state index contributed by atoms with van der Waals surface area (Å²) in [7, 11) is 0. The number of likely N-dealkylation sites (tertiary alicyclic amines) is 1. The summed E-state index contributed by atoms with van der Waals surface area (Å²) in [6.07, 6.45) is 2.03. The van der Waals surface area contributed by atoms with Crippen LogP contribution in [0.1, 0.15) is 34.7 Å². The zero-order chi connectivity index (χ0) is 14.7. The van der Waals surface area contributed by atoms with Crippen molar-refractivity contribution in [3.63, 3.8) is 0 Å². The number of nitrogens with two attached hydrogens (primary N) is 1. The molecule has 2 aromatic carbocycles. The predicted octanol–water partition coefficient (Wildman–Crippen LogP) is 3.29. The quantitative estimate of drug-likeness (QED) is 0.858. The molecule has 0 aromatic heterocycles. The minimum atomic E-state index is 0.0552. The van der Waals surface area contributed by atoms with E-state index in [1.807, 2.05) is 23.1 Å². The normalized spacial score (nSPS) is 15.9. The van der Waals surface area contributed by atoms with Crippen molar-refractivity contribution in [2.75, 3.05) is 18.8 Å². The molecule has 1 saturated heterocycles. The Morgan fingerprint density at radius 2 is 1.57 bits per heavy atom. The number of piperidine rings is 1. The van der Waals surface area contributed by atoms with Gasteiger partial charge in [-0.25, -0.2) is 0 Å². The summed E-state index contributed by atoms with van der Waals surface area (Å²) in [4.78, 5) is 14.4. The molecule has 0 unspecified atom stereocenters. The van der Waals surface area contributed by atoms with Crippen LogP contribution in [0.3, 0.4) is 0 Å². The van der Waals surface area contributed by atoms with Crippen LogP contribution in [0.2, 0.25) is 0 Å². The van der Waals surface area contributed by atoms with Gasteiger partial charge < -0.3 is 10.6 Å². The van der Waals surface area contributed by atoms with Crippen molar-refractivity contribution in [1.82, 2.24) is 4.90 Å². The standard InChI is InChI=1S/C18H20N2O/c19-17-9-5-4-8-16(17)18(21)20-12-10-15(11-13-20)14-6-2-1-3-7-14/h1-9,15H,10-13,19H2. The van der Waals surface area contributed by atoms with Crippen molar-refractivity contribution >= 4 is 11.6 Å². The van der Waals surface area contributed by atoms with Gasteiger partial charge in [-0.15, -0.1) is 0 Å². The number of nitrogens with zero attached hydrogens (tertiary/aromatic N) is 1. The lowest BCUT2D eigenvalue weighted by molar-refractivity contribution is 0.0714. The molecule has 0 saturated carbocycles. The van der Waals surface area contributed by atoms with E-state index in [9.17, 15) is 4.79 Å². The Morgan fingerprint density at radius 1 is 0.952 bits per heavy atom. The zero-order valence-electron chi connectivity index (χ0n) is 12.0. The third kappa shape index (κ3) is 2.92. The smallest absolute Gasteiger partial charge is 0.255 e. The second-order valence-electron chi connectivity index (χ2n) is 5.56. The highest BCUT2D eigenvalue weighted by Crippen LogP contribution is 2.28. The molecule has 0 spiro atoms. The lowest BCUT2D eigenvalue weighted by Gasteiger charge is -2.32. The number of benzene rings is 2. The van der Waals surface area contributed by atoms with Gasteiger partial charge in [-0.05, 0) is 36.5 Å². The average Bonchev–Trinajstić information content (AvgIpc) is 2.56. The lowest BCUT2D eigenvalue weighted by Crippen LogP contribution is -2.38. The van der Waals surface area contributed by atoms with E-state index in [0.717, 1.165) is 25.9 Å². The number of hydrogen-bond donors (Lipinski definition) is 1. The zero-order valence-corrected chi connectivity index (χ0v) is 12.0. The van der Waals surface area contributed by atoms with E-state index in [1.54, 1.807) is 12.1 Å². The minimum absolute atomic E-state index is 0.0552. The fourth-order valence-electron chi connectivity index (χ4n) is 3.00. The predicted molar refractivity (Wildman–Crippen MR) is 85.2 cm³/mol. The van der Waals surface area contributed by atoms with Crippen LogP contribution in [0.5, 0.6) is 0 Å². The molecule has 0 atom stereocenters. The third-order valence-corrected chi connectivity index (χ3v) is 4.24. The van der Waals surface area contributed by atoms with Crippen LogP contribution < -0.4 is 5.73 Å². The number of hydrogen-bond acceptors (Lipinski definition) is 2. The van der Waals surface area contributed by atoms with Gasteiger partial charge in [-0.1, -0.05) is 42.5 Å². The van der Waals surface area contributed by atoms with E-state index >= 15 is 0 Å². The highest BCUT2D eigenvalue weighted by Gasteiger charge is 2.25. The Morgan fingerprint density at radius 3 is 2.24 bits per heavy atom. The summed E-state index contributed by atoms with van der Waals surface area (Å²) in [6, 6.07) is 17.9. The van der Waals surface area contributed by atoms with E-state index in [1.165, 1.54) is 5.56 Å². The number of anilines is 1. The molecule has 3 rings (SSSR count). The number of amides is 1. The molecule has 1 aliphatic rings. The summed E-state index contributed by atoms with van der Waals surface area (Å²) < 4.78 is 0. The molecule has 2 aromatic rings. The molecule has 3 heteroatoms. The summed E-state index contributed by atoms with van der Waals surface area (Å²) in [5.41, 5.74) is 8.46. The van der Waals surface area contributed by atoms with Crippen LogP contribution in [0.15, 0.2) is 54.6 Å². The largest absolute Gasteiger partial charge is 0.398 e. The van der Waals surface area contributed by atoms with E-state index in [2.05, 4.69) is 24.3 Å². The first-order valence-electron chi connectivity index (χ1n) is 7.44. The Labute approximate surface area is 125 Å². The van der Waals surface area contributed by atoms with Crippen molar-refractivity contribution in [3.8, 4) is 0 Å². The van der Waals surface area contributed by atoms with Gasteiger partial charge in [0.15, 0.2) is 0 Å². The first-order valence-corrected chi connectivity index (χ1v) is 7.44. The van der Waals surface area contributed by atoms with Gasteiger partial charge in [0.2, 0.25) is 0 Å². The molecule has 0 radical (unpaired) electrons. The van der Waals surface area contributed by atoms with E-state index in [4.69, 9.17) is 5.73 Å². The molecule has 1 amide bonds. The number of carbonyl (C=O) groups is 1. The van der Waals surface area contributed by atoms with Crippen LogP contribution in [0.4, 0.5) is 5.69 Å². The Bertz CT molecular complexity index is 616. The first-order chi connectivity index (χ1) is 10.3. The van der Waals surface area contributed by atoms with Crippen molar-refractivity contribution in [2.45, 2.75) is 18.8 Å². The van der Waals surface area contributed by atoms with Gasteiger partial charge in [-0.2, -0.15) is 0 Å². The topological polar surface area (TPSA) is 46.3 Å². The number of carbonyl (C=O) groups excluding carboxylic acids is 1. The molecule has 21 heavy (non-hydrogen) atoms. The molecule has 1 aliphatic heterocycles. The highest BCUT2D eigenvalue weighted by atomic mass is 16.2. The molecule has 3 nitrogen and oxygen atoms in total. The van der Waals surface area contributed by atoms with Crippen LogP contribution >= 0.6 is 0 Å². The van der Waals surface area contributed by atoms with E-state index in [0.29, 0.717) is 17.2 Å². The number of rotatable bonds is 2. The summed E-state index contributed by atoms with van der Waals surface area (Å²) in [6.45, 7) is 1.60. The van der Waals surface area contributed by atoms with Gasteiger partial charge in [-0.3, -0.25) is 4.79 Å². The van der Waals surface area contributed by atoms with E-state index < -0.39 is 0 Å². The van der Waals surface area contributed by atoms with Crippen LogP contribution in [-0.4, -0.2) is 23.9 Å². The maximum atomic E-state index is 12.5. The van der Waals surface area contributed by atoms with Crippen LogP contribution in [0, 0.1) is 0 Å². The molecule has 2 N–H and O–H groups in total. The third-order valence-electron chi connectivity index (χ3n) is 4.24. The van der Waals surface area contributed by atoms with Crippen molar-refractivity contribution in [2.24, 2.45) is 0 Å². The fourth-order valence-corrected chi connectivity index (χ4v) is 3.00. The number of para-hydroxylation sites is 1. The summed E-state index contributed by atoms with van der Waals surface area (Å²) in [5.74, 6) is 0.614. The van der Waals surface area contributed by atoms with Gasteiger partial charge in [0.1, 0.15) is 0 Å². The first kappa shape index (κ1) is 13.7. The summed E-state index contributed by atoms with van der Waals surface area (Å²) >= 11 is 0. The van der Waals surface area contributed by atoms with Crippen molar-refractivity contribution < 1.29 is 4.79 Å². The minimum Gasteiger partial charge on any atom is -0.398 e. The summed E-state index contributed by atoms with van der Waals surface area (Å²) in [5, 5.41) is 0. The number of nitrogen functional groups attached to an aromatic ring is 1. The van der Waals surface area contributed by atoms with Crippen LogP contribution in [0.25, 0.3) is 0 Å². The van der Waals surface area contributed by atoms with E-state index in [-0.39, 0.29) is 5.91 Å². The Balaban J connectivity index is 1.66. The second kappa shape index (κ2) is 6.00. The van der Waals surface area contributed by atoms with Crippen LogP contribution in [-0.2, 0) is 0 Å². The maximum absolute atomic E-state index is 12.5. The molecule has 1 fully saturated rings. The molecule has 1 heterocycles. The molecular formula is C18H20N2O. The molecule has 0 aliphatic carbocycles. The maximum Gasteiger partial charge on any atom is 0.255 e. The highest BCUT2D eigenvalue weighted by molar-refractivity contribution is 5.99. The van der Waals surface area contributed by atoms with Gasteiger partial charge >= 0.3 is 0 Å². The second-order valence-corrected chi connectivity index (χ2v) is 5.56. The SMILES string of the molecule is Nc1ccccc1C(=O)N1CCC(c2ccccc2)CC1. The van der Waals surface area contributed by atoms with Gasteiger partial charge in [0.25, 0.3) is 5.91 Å². The molecular weight excluding hydrogens is 260 g/mol. The Kier molecular flexibility index (Phi) is 3.91. The molecule has 108 valence electrons. The monoisotopic (exact) mass is 280 g/mol. The van der Waals surface area contributed by atoms with Crippen molar-refractivity contribution in [3.05, 3.63) is 65.7 Å². The van der Waals surface area contributed by atoms with Crippen molar-refractivity contribution in [1.29, 1.82) is 0 Å².